The quantitative estimate of drug-likeness (QED) is 0.837. The van der Waals surface area contributed by atoms with Crippen molar-refractivity contribution in [2.24, 2.45) is 11.7 Å². The Morgan fingerprint density at radius 2 is 2.06 bits per heavy atom. The lowest BCUT2D eigenvalue weighted by molar-refractivity contribution is 0.452. The average molecular weight is 244 g/mol. The van der Waals surface area contributed by atoms with Crippen LogP contribution in [0, 0.1) is 11.7 Å². The molecule has 0 aliphatic rings. The third kappa shape index (κ3) is 4.11. The molecule has 0 aromatic heterocycles. The molecule has 0 radical (unpaired) electrons. The molecule has 90 valence electrons. The molecule has 0 saturated heterocycles. The van der Waals surface area contributed by atoms with Crippen LogP contribution >= 0.6 is 11.6 Å². The van der Waals surface area contributed by atoms with E-state index in [9.17, 15) is 4.39 Å². The van der Waals surface area contributed by atoms with Crippen LogP contribution in [-0.4, -0.2) is 6.04 Å². The summed E-state index contributed by atoms with van der Waals surface area (Å²) in [7, 11) is 0. The highest BCUT2D eigenvalue weighted by Gasteiger charge is 2.07. The van der Waals surface area contributed by atoms with E-state index in [1.165, 1.54) is 6.07 Å². The zero-order valence-electron chi connectivity index (χ0n) is 9.84. The molecule has 1 nitrogen and oxygen atoms in total. The maximum absolute atomic E-state index is 12.9. The average Bonchev–Trinajstić information content (AvgIpc) is 2.23. The fraction of sp³-hybridized carbons (Fsp3) is 0.538. The van der Waals surface area contributed by atoms with Crippen molar-refractivity contribution in [1.29, 1.82) is 0 Å². The van der Waals surface area contributed by atoms with E-state index in [1.807, 2.05) is 0 Å². The lowest BCUT2D eigenvalue weighted by Crippen LogP contribution is -2.26. The summed E-state index contributed by atoms with van der Waals surface area (Å²) in [4.78, 5) is 0. The number of hydrogen-bond acceptors (Lipinski definition) is 1. The summed E-state index contributed by atoms with van der Waals surface area (Å²) in [5.41, 5.74) is 7.02. The molecule has 2 N–H and O–H groups in total. The lowest BCUT2D eigenvalue weighted by Gasteiger charge is -2.15. The van der Waals surface area contributed by atoms with E-state index in [4.69, 9.17) is 17.3 Å². The summed E-state index contributed by atoms with van der Waals surface area (Å²) in [6.07, 6.45) is 2.91. The number of halogens is 2. The van der Waals surface area contributed by atoms with Crippen LogP contribution < -0.4 is 5.73 Å². The van der Waals surface area contributed by atoms with Gasteiger partial charge in [0.25, 0.3) is 0 Å². The minimum Gasteiger partial charge on any atom is -0.327 e. The highest BCUT2D eigenvalue weighted by molar-refractivity contribution is 6.30. The molecule has 0 spiro atoms. The Morgan fingerprint density at radius 3 is 2.62 bits per heavy atom. The maximum atomic E-state index is 12.9. The first-order valence-corrected chi connectivity index (χ1v) is 6.08. The van der Waals surface area contributed by atoms with E-state index in [0.717, 1.165) is 24.8 Å². The minimum absolute atomic E-state index is 0.200. The number of aryl methyl sites for hydroxylation is 1. The Morgan fingerprint density at radius 1 is 1.38 bits per heavy atom. The van der Waals surface area contributed by atoms with E-state index in [1.54, 1.807) is 12.1 Å². The molecule has 0 aliphatic carbocycles. The third-order valence-electron chi connectivity index (χ3n) is 2.84. The Labute approximate surface area is 102 Å². The van der Waals surface area contributed by atoms with Crippen molar-refractivity contribution in [2.75, 3.05) is 0 Å². The topological polar surface area (TPSA) is 26.0 Å². The second-order valence-corrected chi connectivity index (χ2v) is 4.96. The van der Waals surface area contributed by atoms with Crippen LogP contribution in [0.3, 0.4) is 0 Å². The molecule has 1 atom stereocenters. The molecular weight excluding hydrogens is 225 g/mol. The minimum atomic E-state index is -0.357. The van der Waals surface area contributed by atoms with Crippen molar-refractivity contribution in [3.63, 3.8) is 0 Å². The summed E-state index contributed by atoms with van der Waals surface area (Å²) in [6.45, 7) is 4.25. The van der Waals surface area contributed by atoms with Crippen molar-refractivity contribution in [3.05, 3.63) is 34.6 Å². The molecule has 1 aromatic rings. The fourth-order valence-corrected chi connectivity index (χ4v) is 1.77. The van der Waals surface area contributed by atoms with Gasteiger partial charge >= 0.3 is 0 Å². The first-order chi connectivity index (χ1) is 7.50. The van der Waals surface area contributed by atoms with E-state index in [2.05, 4.69) is 13.8 Å². The van der Waals surface area contributed by atoms with Gasteiger partial charge in [0.1, 0.15) is 5.82 Å². The second kappa shape index (κ2) is 6.21. The van der Waals surface area contributed by atoms with E-state index < -0.39 is 0 Å². The Kier molecular flexibility index (Phi) is 5.23. The van der Waals surface area contributed by atoms with Crippen LogP contribution in [-0.2, 0) is 6.42 Å². The van der Waals surface area contributed by atoms with Crippen molar-refractivity contribution in [3.8, 4) is 0 Å². The molecule has 0 fully saturated rings. The standard InChI is InChI=1S/C13H19ClFN/c1-9(2)13(16)5-3-4-10-6-7-12(15)11(14)8-10/h6-9,13H,3-5,16H2,1-2H3. The summed E-state index contributed by atoms with van der Waals surface area (Å²) < 4.78 is 12.9. The van der Waals surface area contributed by atoms with E-state index >= 15 is 0 Å². The fourth-order valence-electron chi connectivity index (χ4n) is 1.57. The van der Waals surface area contributed by atoms with Gasteiger partial charge < -0.3 is 5.73 Å². The molecule has 0 aliphatic heterocycles. The number of benzene rings is 1. The summed E-state index contributed by atoms with van der Waals surface area (Å²) in [5.74, 6) is 0.154. The largest absolute Gasteiger partial charge is 0.327 e. The van der Waals surface area contributed by atoms with Crippen LogP contribution in [0.4, 0.5) is 4.39 Å². The maximum Gasteiger partial charge on any atom is 0.141 e. The van der Waals surface area contributed by atoms with Gasteiger partial charge in [-0.05, 0) is 42.9 Å². The highest BCUT2D eigenvalue weighted by Crippen LogP contribution is 2.18. The van der Waals surface area contributed by atoms with Crippen molar-refractivity contribution >= 4 is 11.6 Å². The lowest BCUT2D eigenvalue weighted by atomic mass is 9.98. The van der Waals surface area contributed by atoms with Gasteiger partial charge in [0, 0.05) is 6.04 Å². The summed E-state index contributed by atoms with van der Waals surface area (Å²) in [5, 5.41) is 0.200. The van der Waals surface area contributed by atoms with Gasteiger partial charge in [0.2, 0.25) is 0 Å². The third-order valence-corrected chi connectivity index (χ3v) is 3.13. The van der Waals surface area contributed by atoms with Crippen LogP contribution in [0.15, 0.2) is 18.2 Å². The predicted octanol–water partition coefficient (Wildman–Crippen LogP) is 3.79. The first-order valence-electron chi connectivity index (χ1n) is 5.70. The smallest absolute Gasteiger partial charge is 0.141 e. The molecule has 3 heteroatoms. The van der Waals surface area contributed by atoms with Crippen LogP contribution in [0.25, 0.3) is 0 Å². The zero-order valence-corrected chi connectivity index (χ0v) is 10.6. The van der Waals surface area contributed by atoms with Crippen molar-refractivity contribution in [1.82, 2.24) is 0 Å². The molecule has 16 heavy (non-hydrogen) atoms. The predicted molar refractivity (Wildman–Crippen MR) is 67.2 cm³/mol. The van der Waals surface area contributed by atoms with E-state index in [-0.39, 0.29) is 16.9 Å². The zero-order chi connectivity index (χ0) is 12.1. The molecule has 0 heterocycles. The van der Waals surface area contributed by atoms with Gasteiger partial charge in [0.15, 0.2) is 0 Å². The number of rotatable bonds is 5. The molecule has 1 aromatic carbocycles. The normalized spacial score (nSPS) is 13.1. The summed E-state index contributed by atoms with van der Waals surface area (Å²) in [6, 6.07) is 5.14. The van der Waals surface area contributed by atoms with Crippen molar-refractivity contribution in [2.45, 2.75) is 39.2 Å². The number of nitrogens with two attached hydrogens (primary N) is 1. The highest BCUT2D eigenvalue weighted by atomic mass is 35.5. The van der Waals surface area contributed by atoms with Gasteiger partial charge in [-0.25, -0.2) is 4.39 Å². The molecule has 0 amide bonds. The molecule has 0 bridgehead atoms. The molecule has 0 saturated carbocycles. The molecule has 1 unspecified atom stereocenters. The van der Waals surface area contributed by atoms with Crippen LogP contribution in [0.1, 0.15) is 32.3 Å². The Balaban J connectivity index is 2.40. The number of hydrogen-bond donors (Lipinski definition) is 1. The van der Waals surface area contributed by atoms with Crippen molar-refractivity contribution < 1.29 is 4.39 Å². The molecule has 1 rings (SSSR count). The second-order valence-electron chi connectivity index (χ2n) is 4.55. The molecular formula is C13H19ClFN. The van der Waals surface area contributed by atoms with Gasteiger partial charge in [-0.15, -0.1) is 0 Å². The van der Waals surface area contributed by atoms with E-state index in [0.29, 0.717) is 5.92 Å². The van der Waals surface area contributed by atoms with Gasteiger partial charge in [-0.2, -0.15) is 0 Å². The summed E-state index contributed by atoms with van der Waals surface area (Å²) >= 11 is 5.71. The van der Waals surface area contributed by atoms with Gasteiger partial charge in [0.05, 0.1) is 5.02 Å². The Bertz CT molecular complexity index is 339. The SMILES string of the molecule is CC(C)C(N)CCCc1ccc(F)c(Cl)c1. The van der Waals surface area contributed by atoms with Gasteiger partial charge in [-0.1, -0.05) is 31.5 Å². The monoisotopic (exact) mass is 243 g/mol. The van der Waals surface area contributed by atoms with Crippen LogP contribution in [0.2, 0.25) is 5.02 Å². The van der Waals surface area contributed by atoms with Gasteiger partial charge in [-0.3, -0.25) is 0 Å². The Hall–Kier alpha value is -0.600. The van der Waals surface area contributed by atoms with Crippen LogP contribution in [0.5, 0.6) is 0 Å². The first kappa shape index (κ1) is 13.5.